The zero-order valence-corrected chi connectivity index (χ0v) is 17.5. The van der Waals surface area contributed by atoms with Gasteiger partial charge in [-0.3, -0.25) is 4.79 Å². The quantitative estimate of drug-likeness (QED) is 0.852. The van der Waals surface area contributed by atoms with Crippen molar-refractivity contribution in [3.63, 3.8) is 0 Å². The summed E-state index contributed by atoms with van der Waals surface area (Å²) in [4.78, 5) is 16.3. The van der Waals surface area contributed by atoms with Crippen LogP contribution in [-0.4, -0.2) is 52.7 Å². The Bertz CT molecular complexity index is 1050. The zero-order chi connectivity index (χ0) is 20.6. The van der Waals surface area contributed by atoms with Gasteiger partial charge in [0, 0.05) is 38.1 Å². The summed E-state index contributed by atoms with van der Waals surface area (Å²) in [5.74, 6) is 0.0398. The minimum Gasteiger partial charge on any atom is -0.378 e. The van der Waals surface area contributed by atoms with Crippen molar-refractivity contribution >= 4 is 33.1 Å². The van der Waals surface area contributed by atoms with Crippen LogP contribution in [0.1, 0.15) is 16.7 Å². The molecule has 0 fully saturated rings. The number of likely N-dealkylation sites (N-methyl/N-ethyl adjacent to an activating group) is 1. The molecule has 1 aliphatic rings. The third kappa shape index (κ3) is 3.73. The summed E-state index contributed by atoms with van der Waals surface area (Å²) in [6.45, 7) is 3.88. The zero-order valence-electron chi connectivity index (χ0n) is 16.6. The molecule has 0 aliphatic carbocycles. The first-order valence-corrected chi connectivity index (χ1v) is 10.3. The van der Waals surface area contributed by atoms with Crippen LogP contribution in [0.15, 0.2) is 45.7 Å². The Labute approximate surface area is 165 Å². The van der Waals surface area contributed by atoms with Crippen LogP contribution in [0.5, 0.6) is 0 Å². The van der Waals surface area contributed by atoms with Crippen LogP contribution in [-0.2, 0) is 14.8 Å². The molecule has 0 saturated heterocycles. The number of anilines is 2. The largest absolute Gasteiger partial charge is 0.378 e. The SMILES string of the molecule is Cc1cc(N(C)C)cc(C)c1NC(=O)CN(C)C1=NS(=O)(=O)c2ccccc21. The van der Waals surface area contributed by atoms with Crippen molar-refractivity contribution in [2.24, 2.45) is 4.40 Å². The Balaban J connectivity index is 1.78. The van der Waals surface area contributed by atoms with Gasteiger partial charge < -0.3 is 15.1 Å². The van der Waals surface area contributed by atoms with Crippen molar-refractivity contribution in [2.75, 3.05) is 37.9 Å². The maximum atomic E-state index is 12.6. The summed E-state index contributed by atoms with van der Waals surface area (Å²) < 4.78 is 28.2. The van der Waals surface area contributed by atoms with Gasteiger partial charge >= 0.3 is 0 Å². The third-order valence-electron chi connectivity index (χ3n) is 4.65. The fraction of sp³-hybridized carbons (Fsp3) is 0.300. The van der Waals surface area contributed by atoms with Crippen molar-refractivity contribution in [1.82, 2.24) is 4.90 Å². The fourth-order valence-corrected chi connectivity index (χ4v) is 4.48. The highest BCUT2D eigenvalue weighted by Crippen LogP contribution is 2.28. The van der Waals surface area contributed by atoms with Gasteiger partial charge in [-0.05, 0) is 49.2 Å². The second kappa shape index (κ2) is 7.27. The molecule has 3 rings (SSSR count). The van der Waals surface area contributed by atoms with Crippen LogP contribution in [0.2, 0.25) is 0 Å². The molecule has 1 amide bonds. The molecule has 0 bridgehead atoms. The first-order chi connectivity index (χ1) is 13.1. The average Bonchev–Trinajstić information content (AvgIpc) is 2.89. The average molecular weight is 401 g/mol. The van der Waals surface area contributed by atoms with Gasteiger partial charge in [0.05, 0.1) is 6.54 Å². The first kappa shape index (κ1) is 19.9. The molecule has 2 aromatic carbocycles. The minimum absolute atomic E-state index is 0.0169. The van der Waals surface area contributed by atoms with Gasteiger partial charge in [-0.2, -0.15) is 8.42 Å². The fourth-order valence-electron chi connectivity index (χ4n) is 3.23. The number of hydrogen-bond donors (Lipinski definition) is 1. The maximum Gasteiger partial charge on any atom is 0.285 e. The molecule has 2 aromatic rings. The molecule has 0 aromatic heterocycles. The lowest BCUT2D eigenvalue weighted by atomic mass is 10.1. The number of nitrogens with one attached hydrogen (secondary N) is 1. The molecule has 0 spiro atoms. The van der Waals surface area contributed by atoms with E-state index in [2.05, 4.69) is 9.71 Å². The van der Waals surface area contributed by atoms with Gasteiger partial charge in [-0.25, -0.2) is 0 Å². The number of hydrogen-bond acceptors (Lipinski definition) is 5. The first-order valence-electron chi connectivity index (χ1n) is 8.84. The highest BCUT2D eigenvalue weighted by atomic mass is 32.2. The molecule has 1 aliphatic heterocycles. The Morgan fingerprint density at radius 3 is 2.29 bits per heavy atom. The van der Waals surface area contributed by atoms with Crippen molar-refractivity contribution in [3.05, 3.63) is 53.1 Å². The number of fused-ring (bicyclic) bond motifs is 1. The number of amides is 1. The standard InChI is InChI=1S/C20H24N4O3S/c1-13-10-15(23(3)4)11-14(2)19(13)21-18(25)12-24(5)20-16-8-6-7-9-17(16)28(26,27)22-20/h6-11H,12H2,1-5H3,(H,21,25). The Morgan fingerprint density at radius 1 is 1.07 bits per heavy atom. The number of rotatable bonds is 4. The van der Waals surface area contributed by atoms with Crippen LogP contribution >= 0.6 is 0 Å². The highest BCUT2D eigenvalue weighted by molar-refractivity contribution is 7.90. The second-order valence-electron chi connectivity index (χ2n) is 7.14. The van der Waals surface area contributed by atoms with Gasteiger partial charge in [0.15, 0.2) is 5.84 Å². The van der Waals surface area contributed by atoms with Crippen LogP contribution in [0.3, 0.4) is 0 Å². The van der Waals surface area contributed by atoms with Crippen LogP contribution in [0.4, 0.5) is 11.4 Å². The van der Waals surface area contributed by atoms with E-state index in [0.29, 0.717) is 5.56 Å². The van der Waals surface area contributed by atoms with Crippen LogP contribution in [0.25, 0.3) is 0 Å². The third-order valence-corrected chi connectivity index (χ3v) is 5.98. The lowest BCUT2D eigenvalue weighted by molar-refractivity contribution is -0.116. The van der Waals surface area contributed by atoms with E-state index in [4.69, 9.17) is 0 Å². The Hall–Kier alpha value is -2.87. The number of nitrogens with zero attached hydrogens (tertiary/aromatic N) is 3. The molecule has 1 N–H and O–H groups in total. The maximum absolute atomic E-state index is 12.6. The summed E-state index contributed by atoms with van der Waals surface area (Å²) in [7, 11) is 1.88. The lowest BCUT2D eigenvalue weighted by Crippen LogP contribution is -2.35. The van der Waals surface area contributed by atoms with E-state index in [1.54, 1.807) is 30.1 Å². The topological polar surface area (TPSA) is 82.1 Å². The van der Waals surface area contributed by atoms with Crippen molar-refractivity contribution < 1.29 is 13.2 Å². The normalized spacial score (nSPS) is 14.2. The molecule has 8 heteroatoms. The van der Waals surface area contributed by atoms with E-state index in [9.17, 15) is 13.2 Å². The molecule has 0 atom stereocenters. The number of aryl methyl sites for hydroxylation is 2. The Kier molecular flexibility index (Phi) is 5.16. The summed E-state index contributed by atoms with van der Waals surface area (Å²) in [5, 5.41) is 2.94. The molecule has 148 valence electrons. The van der Waals surface area contributed by atoms with Crippen molar-refractivity contribution in [1.29, 1.82) is 0 Å². The molecule has 1 heterocycles. The number of carbonyl (C=O) groups excluding carboxylic acids is 1. The van der Waals surface area contributed by atoms with E-state index >= 15 is 0 Å². The lowest BCUT2D eigenvalue weighted by Gasteiger charge is -2.21. The molecule has 28 heavy (non-hydrogen) atoms. The molecular formula is C20H24N4O3S. The van der Waals surface area contributed by atoms with Crippen LogP contribution in [0, 0.1) is 13.8 Å². The number of benzene rings is 2. The van der Waals surface area contributed by atoms with Crippen molar-refractivity contribution in [3.8, 4) is 0 Å². The summed E-state index contributed by atoms with van der Waals surface area (Å²) in [6, 6.07) is 10.6. The number of carbonyl (C=O) groups is 1. The molecule has 0 unspecified atom stereocenters. The van der Waals surface area contributed by atoms with Gasteiger partial charge in [0.1, 0.15) is 4.90 Å². The minimum atomic E-state index is -3.71. The summed E-state index contributed by atoms with van der Waals surface area (Å²) >= 11 is 0. The summed E-state index contributed by atoms with van der Waals surface area (Å²) in [6.07, 6.45) is 0. The molecular weight excluding hydrogens is 376 g/mol. The van der Waals surface area contributed by atoms with Gasteiger partial charge in [-0.15, -0.1) is 4.40 Å². The highest BCUT2D eigenvalue weighted by Gasteiger charge is 2.31. The predicted molar refractivity (Wildman–Crippen MR) is 112 cm³/mol. The van der Waals surface area contributed by atoms with E-state index in [-0.39, 0.29) is 23.2 Å². The molecule has 7 nitrogen and oxygen atoms in total. The molecule has 0 saturated carbocycles. The van der Waals surface area contributed by atoms with Gasteiger partial charge in [0.2, 0.25) is 5.91 Å². The van der Waals surface area contributed by atoms with E-state index in [1.807, 2.05) is 45.0 Å². The van der Waals surface area contributed by atoms with Crippen molar-refractivity contribution in [2.45, 2.75) is 18.7 Å². The smallest absolute Gasteiger partial charge is 0.285 e. The molecule has 0 radical (unpaired) electrons. The van der Waals surface area contributed by atoms with E-state index in [0.717, 1.165) is 22.5 Å². The van der Waals surface area contributed by atoms with E-state index < -0.39 is 10.0 Å². The van der Waals surface area contributed by atoms with Crippen LogP contribution < -0.4 is 10.2 Å². The monoisotopic (exact) mass is 400 g/mol. The van der Waals surface area contributed by atoms with Gasteiger partial charge in [0.25, 0.3) is 10.0 Å². The second-order valence-corrected chi connectivity index (χ2v) is 8.71. The Morgan fingerprint density at radius 2 is 1.68 bits per heavy atom. The number of amidine groups is 1. The predicted octanol–water partition coefficient (Wildman–Crippen LogP) is 2.39. The van der Waals surface area contributed by atoms with Gasteiger partial charge in [-0.1, -0.05) is 12.1 Å². The number of sulfonamides is 1. The van der Waals surface area contributed by atoms with E-state index in [1.165, 1.54) is 6.07 Å². The summed E-state index contributed by atoms with van der Waals surface area (Å²) in [5.41, 5.74) is 4.27.